The van der Waals surface area contributed by atoms with E-state index in [1.807, 2.05) is 54.6 Å². The second-order valence-electron chi connectivity index (χ2n) is 9.29. The lowest BCUT2D eigenvalue weighted by Crippen LogP contribution is -2.52. The molecule has 5 nitrogen and oxygen atoms in total. The van der Waals surface area contributed by atoms with E-state index >= 15 is 0 Å². The van der Waals surface area contributed by atoms with Crippen molar-refractivity contribution in [3.8, 4) is 5.75 Å². The highest BCUT2D eigenvalue weighted by Crippen LogP contribution is 2.43. The van der Waals surface area contributed by atoms with Crippen LogP contribution in [0.25, 0.3) is 0 Å². The zero-order chi connectivity index (χ0) is 29.0. The van der Waals surface area contributed by atoms with Crippen LogP contribution in [0.15, 0.2) is 97.6 Å². The maximum Gasteiger partial charge on any atom is 0.432 e. The highest BCUT2D eigenvalue weighted by atomic mass is 19.4. The first kappa shape index (κ1) is 30.9. The van der Waals surface area contributed by atoms with Crippen molar-refractivity contribution in [1.82, 2.24) is 0 Å². The largest absolute Gasteiger partial charge is 0.497 e. The summed E-state index contributed by atoms with van der Waals surface area (Å²) in [5, 5.41) is 0. The molecule has 0 spiro atoms. The van der Waals surface area contributed by atoms with Crippen LogP contribution >= 0.6 is 0 Å². The number of esters is 1. The lowest BCUT2D eigenvalue weighted by molar-refractivity contribution is -0.278. The third-order valence-corrected chi connectivity index (χ3v) is 6.65. The summed E-state index contributed by atoms with van der Waals surface area (Å²) >= 11 is 0. The summed E-state index contributed by atoms with van der Waals surface area (Å²) in [6.45, 7) is 4.05. The zero-order valence-corrected chi connectivity index (χ0v) is 22.7. The molecule has 0 unspecified atom stereocenters. The molecule has 0 aliphatic carbocycles. The minimum atomic E-state index is -5.04. The highest BCUT2D eigenvalue weighted by molar-refractivity contribution is 5.82. The molecule has 3 aromatic rings. The molecule has 0 radical (unpaired) electrons. The summed E-state index contributed by atoms with van der Waals surface area (Å²) in [4.78, 5) is 13.1. The van der Waals surface area contributed by atoms with E-state index in [2.05, 4.69) is 6.58 Å². The summed E-state index contributed by atoms with van der Waals surface area (Å²) in [7, 11) is 2.46. The topological polar surface area (TPSA) is 54.0 Å². The Kier molecular flexibility index (Phi) is 11.3. The molecule has 0 aliphatic heterocycles. The van der Waals surface area contributed by atoms with Crippen molar-refractivity contribution in [2.24, 2.45) is 0 Å². The van der Waals surface area contributed by atoms with Crippen LogP contribution in [-0.4, -0.2) is 32.5 Å². The third kappa shape index (κ3) is 7.73. The Labute approximate surface area is 233 Å². The molecule has 214 valence electrons. The Balaban J connectivity index is 1.70. The van der Waals surface area contributed by atoms with Crippen molar-refractivity contribution in [3.05, 3.63) is 114 Å². The van der Waals surface area contributed by atoms with Crippen molar-refractivity contribution in [1.29, 1.82) is 0 Å². The van der Waals surface area contributed by atoms with Crippen LogP contribution in [0.3, 0.4) is 0 Å². The van der Waals surface area contributed by atoms with Crippen molar-refractivity contribution in [2.75, 3.05) is 14.2 Å². The number of hydrogen-bond acceptors (Lipinski definition) is 5. The SMILES string of the molecule is C=CC[C@H](CCC[C@H](OCc1ccc(OC)cc1)c1ccccc1)OC(=O)[C@@](OC)(c1ccccc1)C(F)(F)F. The number of methoxy groups -OCH3 is 2. The number of carbonyl (C=O) groups is 1. The van der Waals surface area contributed by atoms with Gasteiger partial charge in [-0.05, 0) is 42.5 Å². The summed E-state index contributed by atoms with van der Waals surface area (Å²) in [6.07, 6.45) is -2.97. The lowest BCUT2D eigenvalue weighted by Gasteiger charge is -2.33. The Morgan fingerprint density at radius 3 is 2.08 bits per heavy atom. The predicted molar refractivity (Wildman–Crippen MR) is 147 cm³/mol. The van der Waals surface area contributed by atoms with Crippen molar-refractivity contribution >= 4 is 5.97 Å². The monoisotopic (exact) mass is 556 g/mol. The quantitative estimate of drug-likeness (QED) is 0.142. The van der Waals surface area contributed by atoms with Crippen LogP contribution < -0.4 is 4.74 Å². The van der Waals surface area contributed by atoms with E-state index in [4.69, 9.17) is 18.9 Å². The minimum Gasteiger partial charge on any atom is -0.497 e. The zero-order valence-electron chi connectivity index (χ0n) is 22.7. The van der Waals surface area contributed by atoms with Crippen LogP contribution in [0.2, 0.25) is 0 Å². The molecule has 0 N–H and O–H groups in total. The molecule has 0 saturated carbocycles. The fourth-order valence-corrected chi connectivity index (χ4v) is 4.50. The molecule has 0 aliphatic rings. The standard InChI is InChI=1S/C32H35F3O5/c1-4-12-28(40-30(36)31(38-3,32(33,34)35)26-15-9-6-10-16-26)17-11-18-29(25-13-7-5-8-14-25)39-23-24-19-21-27(37-2)22-20-24/h4-10,13-16,19-22,28-29H,1,11-12,17-18,23H2,2-3H3/t28-,29+,31+/m1/s1. The normalized spacial score (nSPS) is 14.5. The maximum atomic E-state index is 14.3. The van der Waals surface area contributed by atoms with E-state index in [0.717, 1.165) is 24.0 Å². The summed E-state index contributed by atoms with van der Waals surface area (Å²) in [6, 6.07) is 24.1. The fourth-order valence-electron chi connectivity index (χ4n) is 4.50. The number of alkyl halides is 3. The average Bonchev–Trinajstić information content (AvgIpc) is 2.96. The fraction of sp³-hybridized carbons (Fsp3) is 0.344. The molecule has 0 heterocycles. The van der Waals surface area contributed by atoms with E-state index < -0.39 is 23.9 Å². The molecule has 3 atom stereocenters. The van der Waals surface area contributed by atoms with E-state index in [1.54, 1.807) is 13.2 Å². The van der Waals surface area contributed by atoms with Gasteiger partial charge in [0.15, 0.2) is 0 Å². The molecule has 3 rings (SSSR count). The molecule has 0 aromatic heterocycles. The van der Waals surface area contributed by atoms with Gasteiger partial charge in [0.1, 0.15) is 11.9 Å². The number of ether oxygens (including phenoxy) is 4. The molecular formula is C32H35F3O5. The van der Waals surface area contributed by atoms with Crippen molar-refractivity contribution < 1.29 is 36.9 Å². The number of rotatable bonds is 15. The Bertz CT molecular complexity index is 1180. The average molecular weight is 557 g/mol. The Morgan fingerprint density at radius 2 is 1.52 bits per heavy atom. The smallest absolute Gasteiger partial charge is 0.432 e. The lowest BCUT2D eigenvalue weighted by atomic mass is 9.92. The number of benzene rings is 3. The highest BCUT2D eigenvalue weighted by Gasteiger charge is 2.64. The summed E-state index contributed by atoms with van der Waals surface area (Å²) < 4.78 is 64.6. The molecule has 3 aromatic carbocycles. The second-order valence-corrected chi connectivity index (χ2v) is 9.29. The van der Waals surface area contributed by atoms with Gasteiger partial charge in [0.05, 0.1) is 19.8 Å². The van der Waals surface area contributed by atoms with Crippen molar-refractivity contribution in [3.63, 3.8) is 0 Å². The maximum absolute atomic E-state index is 14.3. The Hall–Kier alpha value is -3.62. The van der Waals surface area contributed by atoms with Crippen LogP contribution in [-0.2, 0) is 31.2 Å². The van der Waals surface area contributed by atoms with Crippen molar-refractivity contribution in [2.45, 2.75) is 56.3 Å². The molecular weight excluding hydrogens is 521 g/mol. The van der Waals surface area contributed by atoms with Gasteiger partial charge in [0, 0.05) is 19.1 Å². The van der Waals surface area contributed by atoms with Gasteiger partial charge in [-0.1, -0.05) is 78.9 Å². The van der Waals surface area contributed by atoms with Gasteiger partial charge >= 0.3 is 12.1 Å². The molecule has 0 fully saturated rings. The van der Waals surface area contributed by atoms with Gasteiger partial charge in [-0.2, -0.15) is 13.2 Å². The van der Waals surface area contributed by atoms with E-state index in [9.17, 15) is 18.0 Å². The first-order chi connectivity index (χ1) is 19.2. The van der Waals surface area contributed by atoms with Gasteiger partial charge < -0.3 is 18.9 Å². The summed E-state index contributed by atoms with van der Waals surface area (Å²) in [5.74, 6) is -0.752. The van der Waals surface area contributed by atoms with Gasteiger partial charge in [-0.15, -0.1) is 6.58 Å². The van der Waals surface area contributed by atoms with Gasteiger partial charge in [0.25, 0.3) is 5.60 Å². The van der Waals surface area contributed by atoms with Crippen LogP contribution in [0.5, 0.6) is 5.75 Å². The molecule has 8 heteroatoms. The van der Waals surface area contributed by atoms with Gasteiger partial charge in [-0.25, -0.2) is 4.79 Å². The van der Waals surface area contributed by atoms with Crippen LogP contribution in [0.4, 0.5) is 13.2 Å². The molecule has 0 saturated heterocycles. The number of halogens is 3. The molecule has 0 amide bonds. The van der Waals surface area contributed by atoms with E-state index in [1.165, 1.54) is 30.3 Å². The van der Waals surface area contributed by atoms with E-state index in [0.29, 0.717) is 25.9 Å². The first-order valence-electron chi connectivity index (χ1n) is 13.0. The van der Waals surface area contributed by atoms with Crippen LogP contribution in [0, 0.1) is 0 Å². The van der Waals surface area contributed by atoms with Gasteiger partial charge in [0.2, 0.25) is 0 Å². The summed E-state index contributed by atoms with van der Waals surface area (Å²) in [5.41, 5.74) is -1.62. The van der Waals surface area contributed by atoms with E-state index in [-0.39, 0.29) is 18.1 Å². The number of carbonyl (C=O) groups excluding carboxylic acids is 1. The van der Waals surface area contributed by atoms with Crippen LogP contribution in [0.1, 0.15) is 48.5 Å². The number of hydrogen-bond donors (Lipinski definition) is 0. The predicted octanol–water partition coefficient (Wildman–Crippen LogP) is 7.72. The molecule has 40 heavy (non-hydrogen) atoms. The Morgan fingerprint density at radius 1 is 0.900 bits per heavy atom. The third-order valence-electron chi connectivity index (χ3n) is 6.65. The molecule has 0 bridgehead atoms. The minimum absolute atomic E-state index is 0.195. The first-order valence-corrected chi connectivity index (χ1v) is 13.0. The van der Waals surface area contributed by atoms with Gasteiger partial charge in [-0.3, -0.25) is 0 Å². The second kappa shape index (κ2) is 14.7.